The van der Waals surface area contributed by atoms with Crippen molar-refractivity contribution in [2.75, 3.05) is 6.26 Å². The largest absolute Gasteiger partial charge is 0.478 e. The Morgan fingerprint density at radius 2 is 2.00 bits per heavy atom. The number of rotatable bonds is 5. The molecule has 104 valence electrons. The van der Waals surface area contributed by atoms with Crippen molar-refractivity contribution in [3.05, 3.63) is 35.4 Å². The molecule has 1 fully saturated rings. The van der Waals surface area contributed by atoms with E-state index in [1.54, 1.807) is 12.1 Å². The molecule has 0 aromatic heterocycles. The van der Waals surface area contributed by atoms with Crippen LogP contribution >= 0.6 is 11.8 Å². The zero-order chi connectivity index (χ0) is 13.7. The summed E-state index contributed by atoms with van der Waals surface area (Å²) < 4.78 is 0. The molecule has 4 heteroatoms. The highest BCUT2D eigenvalue weighted by molar-refractivity contribution is 7.99. The van der Waals surface area contributed by atoms with E-state index in [-0.39, 0.29) is 0 Å². The van der Waals surface area contributed by atoms with E-state index in [4.69, 9.17) is 5.11 Å². The van der Waals surface area contributed by atoms with Crippen LogP contribution in [0.15, 0.2) is 24.3 Å². The smallest absolute Gasteiger partial charge is 0.336 e. The average Bonchev–Trinajstić information content (AvgIpc) is 2.46. The number of carboxylic acids is 1. The Labute approximate surface area is 118 Å². The minimum absolute atomic E-state index is 0.410. The first kappa shape index (κ1) is 14.4. The molecule has 1 aliphatic carbocycles. The van der Waals surface area contributed by atoms with Gasteiger partial charge in [-0.15, -0.1) is 0 Å². The van der Waals surface area contributed by atoms with Crippen LogP contribution in [0.4, 0.5) is 0 Å². The number of nitrogens with one attached hydrogen (secondary N) is 1. The van der Waals surface area contributed by atoms with Crippen molar-refractivity contribution in [1.82, 2.24) is 5.32 Å². The Morgan fingerprint density at radius 1 is 1.32 bits per heavy atom. The highest BCUT2D eigenvalue weighted by Crippen LogP contribution is 2.27. The molecule has 2 rings (SSSR count). The Bertz CT molecular complexity index is 428. The number of hydrogen-bond acceptors (Lipinski definition) is 3. The molecule has 0 amide bonds. The van der Waals surface area contributed by atoms with E-state index in [1.807, 2.05) is 23.9 Å². The first-order valence-corrected chi connectivity index (χ1v) is 8.07. The molecule has 0 heterocycles. The first-order chi connectivity index (χ1) is 9.20. The molecule has 1 aliphatic rings. The van der Waals surface area contributed by atoms with Crippen molar-refractivity contribution < 1.29 is 9.90 Å². The molecule has 0 spiro atoms. The van der Waals surface area contributed by atoms with E-state index < -0.39 is 5.97 Å². The third kappa shape index (κ3) is 3.98. The van der Waals surface area contributed by atoms with Crippen LogP contribution in [0.3, 0.4) is 0 Å². The SMILES string of the molecule is CSC1CCC(NCc2ccccc2C(=O)O)CC1. The van der Waals surface area contributed by atoms with Crippen LogP contribution in [0.25, 0.3) is 0 Å². The van der Waals surface area contributed by atoms with Crippen molar-refractivity contribution >= 4 is 17.7 Å². The molecular weight excluding hydrogens is 258 g/mol. The Kier molecular flexibility index (Phi) is 5.28. The molecular formula is C15H21NO2S. The fourth-order valence-corrected chi connectivity index (χ4v) is 3.38. The monoisotopic (exact) mass is 279 g/mol. The number of benzene rings is 1. The van der Waals surface area contributed by atoms with Crippen LogP contribution in [0, 0.1) is 0 Å². The molecule has 1 aromatic rings. The van der Waals surface area contributed by atoms with E-state index >= 15 is 0 Å². The Balaban J connectivity index is 1.88. The molecule has 1 saturated carbocycles. The highest BCUT2D eigenvalue weighted by Gasteiger charge is 2.20. The summed E-state index contributed by atoms with van der Waals surface area (Å²) in [7, 11) is 0. The Hall–Kier alpha value is -1.00. The van der Waals surface area contributed by atoms with Gasteiger partial charge >= 0.3 is 5.97 Å². The number of hydrogen-bond donors (Lipinski definition) is 2. The van der Waals surface area contributed by atoms with E-state index in [0.29, 0.717) is 18.2 Å². The molecule has 0 bridgehead atoms. The lowest BCUT2D eigenvalue weighted by Crippen LogP contribution is -2.33. The summed E-state index contributed by atoms with van der Waals surface area (Å²) >= 11 is 1.96. The maximum Gasteiger partial charge on any atom is 0.336 e. The molecule has 0 atom stereocenters. The van der Waals surface area contributed by atoms with Gasteiger partial charge in [0.15, 0.2) is 0 Å². The summed E-state index contributed by atoms with van der Waals surface area (Å²) in [5.41, 5.74) is 1.29. The molecule has 3 nitrogen and oxygen atoms in total. The van der Waals surface area contributed by atoms with Gasteiger partial charge in [-0.05, 0) is 43.6 Å². The van der Waals surface area contributed by atoms with Gasteiger partial charge in [0.1, 0.15) is 0 Å². The highest BCUT2D eigenvalue weighted by atomic mass is 32.2. The fourth-order valence-electron chi connectivity index (χ4n) is 2.64. The normalized spacial score (nSPS) is 23.2. The predicted molar refractivity (Wildman–Crippen MR) is 79.8 cm³/mol. The van der Waals surface area contributed by atoms with Crippen molar-refractivity contribution in [3.63, 3.8) is 0 Å². The van der Waals surface area contributed by atoms with Crippen molar-refractivity contribution in [1.29, 1.82) is 0 Å². The van der Waals surface area contributed by atoms with Gasteiger partial charge in [-0.1, -0.05) is 18.2 Å². The maximum absolute atomic E-state index is 11.1. The van der Waals surface area contributed by atoms with E-state index in [0.717, 1.165) is 10.8 Å². The van der Waals surface area contributed by atoms with Crippen molar-refractivity contribution in [2.45, 2.75) is 43.5 Å². The average molecular weight is 279 g/mol. The van der Waals surface area contributed by atoms with Crippen LogP contribution in [-0.4, -0.2) is 28.6 Å². The number of carboxylic acid groups (broad SMARTS) is 1. The summed E-state index contributed by atoms with van der Waals surface area (Å²) in [4.78, 5) is 11.1. The van der Waals surface area contributed by atoms with Gasteiger partial charge < -0.3 is 10.4 Å². The summed E-state index contributed by atoms with van der Waals surface area (Å²) in [6, 6.07) is 7.77. The molecule has 0 saturated heterocycles. The lowest BCUT2D eigenvalue weighted by atomic mass is 9.94. The van der Waals surface area contributed by atoms with Crippen LogP contribution in [0.2, 0.25) is 0 Å². The second kappa shape index (κ2) is 6.96. The first-order valence-electron chi connectivity index (χ1n) is 6.78. The van der Waals surface area contributed by atoms with Crippen LogP contribution < -0.4 is 5.32 Å². The van der Waals surface area contributed by atoms with Gasteiger partial charge in [0.25, 0.3) is 0 Å². The molecule has 0 unspecified atom stereocenters. The van der Waals surface area contributed by atoms with E-state index in [1.165, 1.54) is 25.7 Å². The Morgan fingerprint density at radius 3 is 2.63 bits per heavy atom. The van der Waals surface area contributed by atoms with Gasteiger partial charge in [-0.25, -0.2) is 4.79 Å². The predicted octanol–water partition coefficient (Wildman–Crippen LogP) is 3.15. The van der Waals surface area contributed by atoms with Gasteiger partial charge in [0.2, 0.25) is 0 Å². The summed E-state index contributed by atoms with van der Waals surface area (Å²) in [5.74, 6) is -0.844. The van der Waals surface area contributed by atoms with Gasteiger partial charge in [0, 0.05) is 17.8 Å². The zero-order valence-electron chi connectivity index (χ0n) is 11.3. The lowest BCUT2D eigenvalue weighted by Gasteiger charge is -2.28. The number of carbonyl (C=O) groups is 1. The fraction of sp³-hybridized carbons (Fsp3) is 0.533. The van der Waals surface area contributed by atoms with E-state index in [9.17, 15) is 4.79 Å². The molecule has 0 radical (unpaired) electrons. The topological polar surface area (TPSA) is 49.3 Å². The second-order valence-corrected chi connectivity index (χ2v) is 6.19. The standard InChI is InChI=1S/C15H21NO2S/c1-19-13-8-6-12(7-9-13)16-10-11-4-2-3-5-14(11)15(17)18/h2-5,12-13,16H,6-10H2,1H3,(H,17,18). The molecule has 2 N–H and O–H groups in total. The van der Waals surface area contributed by atoms with Gasteiger partial charge in [-0.2, -0.15) is 11.8 Å². The second-order valence-electron chi connectivity index (χ2n) is 5.05. The van der Waals surface area contributed by atoms with E-state index in [2.05, 4.69) is 11.6 Å². The summed E-state index contributed by atoms with van der Waals surface area (Å²) in [6.07, 6.45) is 7.10. The van der Waals surface area contributed by atoms with Crippen LogP contribution in [-0.2, 0) is 6.54 Å². The zero-order valence-corrected chi connectivity index (χ0v) is 12.1. The summed E-state index contributed by atoms with van der Waals surface area (Å²) in [6.45, 7) is 0.650. The number of aromatic carboxylic acids is 1. The molecule has 0 aliphatic heterocycles. The molecule has 19 heavy (non-hydrogen) atoms. The minimum Gasteiger partial charge on any atom is -0.478 e. The van der Waals surface area contributed by atoms with Crippen molar-refractivity contribution in [3.8, 4) is 0 Å². The quantitative estimate of drug-likeness (QED) is 0.869. The van der Waals surface area contributed by atoms with Crippen LogP contribution in [0.5, 0.6) is 0 Å². The maximum atomic E-state index is 11.1. The van der Waals surface area contributed by atoms with Crippen molar-refractivity contribution in [2.24, 2.45) is 0 Å². The summed E-state index contributed by atoms with van der Waals surface area (Å²) in [5, 5.41) is 13.5. The van der Waals surface area contributed by atoms with Crippen LogP contribution in [0.1, 0.15) is 41.6 Å². The lowest BCUT2D eigenvalue weighted by molar-refractivity contribution is 0.0695. The van der Waals surface area contributed by atoms with Gasteiger partial charge in [0.05, 0.1) is 5.56 Å². The minimum atomic E-state index is -0.844. The molecule has 1 aromatic carbocycles. The third-order valence-corrected chi connectivity index (χ3v) is 4.97. The third-order valence-electron chi connectivity index (χ3n) is 3.84. The number of thioether (sulfide) groups is 1. The van der Waals surface area contributed by atoms with Gasteiger partial charge in [-0.3, -0.25) is 0 Å².